The maximum absolute atomic E-state index is 12.0. The molecular weight excluding hydrogens is 254 g/mol. The van der Waals surface area contributed by atoms with Crippen LogP contribution < -0.4 is 5.73 Å². The lowest BCUT2D eigenvalue weighted by Crippen LogP contribution is -2.53. The highest BCUT2D eigenvalue weighted by Crippen LogP contribution is 2.06. The fraction of sp³-hybridized carbons (Fsp3) is 0.818. The van der Waals surface area contributed by atoms with Gasteiger partial charge in [-0.05, 0) is 18.4 Å². The maximum Gasteiger partial charge on any atom is 0.317 e. The third-order valence-electron chi connectivity index (χ3n) is 2.99. The van der Waals surface area contributed by atoms with Crippen molar-refractivity contribution in [3.8, 4) is 0 Å². The molecule has 0 aromatic heterocycles. The van der Waals surface area contributed by atoms with Gasteiger partial charge in [-0.2, -0.15) is 11.8 Å². The lowest BCUT2D eigenvalue weighted by molar-refractivity contribution is -0.139. The Morgan fingerprint density at radius 1 is 1.33 bits per heavy atom. The van der Waals surface area contributed by atoms with E-state index < -0.39 is 12.0 Å². The number of carbonyl (C=O) groups is 2. The van der Waals surface area contributed by atoms with Crippen molar-refractivity contribution in [2.24, 2.45) is 5.73 Å². The number of thioether (sulfide) groups is 1. The van der Waals surface area contributed by atoms with Crippen molar-refractivity contribution in [1.29, 1.82) is 0 Å². The fourth-order valence-electron chi connectivity index (χ4n) is 1.92. The lowest BCUT2D eigenvalue weighted by atomic mass is 10.2. The number of amides is 1. The maximum atomic E-state index is 12.0. The molecule has 1 saturated heterocycles. The van der Waals surface area contributed by atoms with Crippen molar-refractivity contribution in [2.45, 2.75) is 12.5 Å². The van der Waals surface area contributed by atoms with Gasteiger partial charge in [0.15, 0.2) is 0 Å². The SMILES string of the molecule is CSCC[C@@H](N)C(=O)N1CCN(CC(=O)O)CC1. The summed E-state index contributed by atoms with van der Waals surface area (Å²) in [5, 5.41) is 8.68. The molecule has 1 aliphatic rings. The zero-order valence-electron chi connectivity index (χ0n) is 10.7. The molecule has 6 nitrogen and oxygen atoms in total. The zero-order valence-corrected chi connectivity index (χ0v) is 11.5. The highest BCUT2D eigenvalue weighted by Gasteiger charge is 2.25. The standard InChI is InChI=1S/C11H21N3O3S/c1-18-7-2-9(12)11(17)14-5-3-13(4-6-14)8-10(15)16/h9H,2-8,12H2,1H3,(H,15,16)/t9-/m1/s1. The lowest BCUT2D eigenvalue weighted by Gasteiger charge is -2.35. The molecule has 0 spiro atoms. The van der Waals surface area contributed by atoms with Crippen LogP contribution in [0.1, 0.15) is 6.42 Å². The smallest absolute Gasteiger partial charge is 0.317 e. The van der Waals surface area contributed by atoms with E-state index in [1.54, 1.807) is 16.7 Å². The van der Waals surface area contributed by atoms with E-state index in [4.69, 9.17) is 10.8 Å². The Balaban J connectivity index is 2.33. The summed E-state index contributed by atoms with van der Waals surface area (Å²) in [6.07, 6.45) is 2.68. The second-order valence-electron chi connectivity index (χ2n) is 4.38. The summed E-state index contributed by atoms with van der Waals surface area (Å²) >= 11 is 1.68. The van der Waals surface area contributed by atoms with Crippen LogP contribution in [0.4, 0.5) is 0 Å². The van der Waals surface area contributed by atoms with E-state index in [1.807, 2.05) is 11.2 Å². The summed E-state index contributed by atoms with van der Waals surface area (Å²) in [6.45, 7) is 2.39. The van der Waals surface area contributed by atoms with Gasteiger partial charge >= 0.3 is 5.97 Å². The minimum Gasteiger partial charge on any atom is -0.480 e. The molecule has 7 heteroatoms. The molecule has 104 valence electrons. The molecule has 0 aromatic rings. The van der Waals surface area contributed by atoms with Gasteiger partial charge in [-0.15, -0.1) is 0 Å². The molecule has 1 amide bonds. The van der Waals surface area contributed by atoms with Gasteiger partial charge in [0.05, 0.1) is 12.6 Å². The molecule has 1 rings (SSSR count). The molecule has 1 atom stereocenters. The quantitative estimate of drug-likeness (QED) is 0.666. The number of piperazine rings is 1. The van der Waals surface area contributed by atoms with Crippen LogP contribution >= 0.6 is 11.8 Å². The molecule has 1 heterocycles. The summed E-state index contributed by atoms with van der Waals surface area (Å²) in [5.74, 6) is 0.0387. The van der Waals surface area contributed by atoms with Crippen LogP contribution in [0.5, 0.6) is 0 Å². The van der Waals surface area contributed by atoms with Crippen LogP contribution in [0.2, 0.25) is 0 Å². The molecular formula is C11H21N3O3S. The predicted molar refractivity (Wildman–Crippen MR) is 71.6 cm³/mol. The van der Waals surface area contributed by atoms with Gasteiger partial charge in [0.2, 0.25) is 5.91 Å². The Morgan fingerprint density at radius 2 is 1.94 bits per heavy atom. The van der Waals surface area contributed by atoms with Gasteiger partial charge in [-0.3, -0.25) is 14.5 Å². The van der Waals surface area contributed by atoms with E-state index in [1.165, 1.54) is 0 Å². The topological polar surface area (TPSA) is 86.9 Å². The predicted octanol–water partition coefficient (Wildman–Crippen LogP) is -0.704. The second-order valence-corrected chi connectivity index (χ2v) is 5.37. The highest BCUT2D eigenvalue weighted by molar-refractivity contribution is 7.98. The Morgan fingerprint density at radius 3 is 2.44 bits per heavy atom. The van der Waals surface area contributed by atoms with Gasteiger partial charge in [-0.1, -0.05) is 0 Å². The van der Waals surface area contributed by atoms with Crippen LogP contribution in [-0.2, 0) is 9.59 Å². The summed E-state index contributed by atoms with van der Waals surface area (Å²) in [4.78, 5) is 26.1. The number of rotatable bonds is 6. The number of nitrogens with zero attached hydrogens (tertiary/aromatic N) is 2. The Bertz CT molecular complexity index is 293. The number of hydrogen-bond acceptors (Lipinski definition) is 5. The number of hydrogen-bond donors (Lipinski definition) is 2. The van der Waals surface area contributed by atoms with Gasteiger partial charge in [0.25, 0.3) is 0 Å². The van der Waals surface area contributed by atoms with E-state index in [2.05, 4.69) is 0 Å². The fourth-order valence-corrected chi connectivity index (χ4v) is 2.41. The number of carbonyl (C=O) groups excluding carboxylic acids is 1. The van der Waals surface area contributed by atoms with E-state index in [9.17, 15) is 9.59 Å². The van der Waals surface area contributed by atoms with Crippen LogP contribution in [0.15, 0.2) is 0 Å². The summed E-state index contributed by atoms with van der Waals surface area (Å²) in [5.41, 5.74) is 5.84. The van der Waals surface area contributed by atoms with Crippen LogP contribution in [-0.4, -0.2) is 77.6 Å². The van der Waals surface area contributed by atoms with Gasteiger partial charge in [-0.25, -0.2) is 0 Å². The van der Waals surface area contributed by atoms with E-state index >= 15 is 0 Å². The summed E-state index contributed by atoms with van der Waals surface area (Å²) < 4.78 is 0. The first-order chi connectivity index (χ1) is 8.54. The second kappa shape index (κ2) is 7.60. The van der Waals surface area contributed by atoms with E-state index in [0.29, 0.717) is 32.6 Å². The molecule has 0 radical (unpaired) electrons. The molecule has 3 N–H and O–H groups in total. The van der Waals surface area contributed by atoms with E-state index in [0.717, 1.165) is 5.75 Å². The van der Waals surface area contributed by atoms with Crippen LogP contribution in [0, 0.1) is 0 Å². The summed E-state index contributed by atoms with van der Waals surface area (Å²) in [7, 11) is 0. The first kappa shape index (κ1) is 15.3. The average molecular weight is 275 g/mol. The molecule has 0 unspecified atom stereocenters. The average Bonchev–Trinajstić information content (AvgIpc) is 2.35. The van der Waals surface area contributed by atoms with Gasteiger partial charge < -0.3 is 15.7 Å². The van der Waals surface area contributed by atoms with Crippen molar-refractivity contribution < 1.29 is 14.7 Å². The monoisotopic (exact) mass is 275 g/mol. The molecule has 18 heavy (non-hydrogen) atoms. The number of carboxylic acids is 1. The van der Waals surface area contributed by atoms with E-state index in [-0.39, 0.29) is 12.5 Å². The van der Waals surface area contributed by atoms with Gasteiger partial charge in [0.1, 0.15) is 0 Å². The third-order valence-corrected chi connectivity index (χ3v) is 3.64. The third kappa shape index (κ3) is 4.83. The molecule has 0 saturated carbocycles. The van der Waals surface area contributed by atoms with Crippen LogP contribution in [0.25, 0.3) is 0 Å². The first-order valence-electron chi connectivity index (χ1n) is 6.02. The van der Waals surface area contributed by atoms with Crippen molar-refractivity contribution >= 4 is 23.6 Å². The zero-order chi connectivity index (χ0) is 13.5. The molecule has 0 aliphatic carbocycles. The van der Waals surface area contributed by atoms with Gasteiger partial charge in [0, 0.05) is 26.2 Å². The first-order valence-corrected chi connectivity index (χ1v) is 7.41. The van der Waals surface area contributed by atoms with Crippen molar-refractivity contribution in [1.82, 2.24) is 9.80 Å². The summed E-state index contributed by atoms with van der Waals surface area (Å²) in [6, 6.07) is -0.427. The molecule has 0 bridgehead atoms. The van der Waals surface area contributed by atoms with Crippen molar-refractivity contribution in [3.63, 3.8) is 0 Å². The minimum absolute atomic E-state index is 0.0148. The Kier molecular flexibility index (Phi) is 6.45. The number of aliphatic carboxylic acids is 1. The highest BCUT2D eigenvalue weighted by atomic mass is 32.2. The molecule has 1 fully saturated rings. The molecule has 1 aliphatic heterocycles. The molecule has 0 aromatic carbocycles. The normalized spacial score (nSPS) is 18.7. The Labute approximate surface area is 111 Å². The number of nitrogens with two attached hydrogens (primary N) is 1. The number of carboxylic acid groups (broad SMARTS) is 1. The largest absolute Gasteiger partial charge is 0.480 e. The van der Waals surface area contributed by atoms with Crippen LogP contribution in [0.3, 0.4) is 0 Å². The van der Waals surface area contributed by atoms with Crippen molar-refractivity contribution in [2.75, 3.05) is 44.7 Å². The minimum atomic E-state index is -0.827. The Hall–Kier alpha value is -0.790. The van der Waals surface area contributed by atoms with Crippen molar-refractivity contribution in [3.05, 3.63) is 0 Å².